The highest BCUT2D eigenvalue weighted by atomic mass is 32.2. The van der Waals surface area contributed by atoms with Crippen LogP contribution in [-0.2, 0) is 14.8 Å². The molecule has 2 N–H and O–H groups in total. The SMILES string of the molecule is CCOc1ccc(NS(=O)(=O)c2cc(NC(=O)COc3cccc(C(C)=O)c3)ccc2C)cc1. The Morgan fingerprint density at radius 1 is 0.882 bits per heavy atom. The number of sulfonamides is 1. The summed E-state index contributed by atoms with van der Waals surface area (Å²) in [6, 6.07) is 17.7. The van der Waals surface area contributed by atoms with E-state index in [0.29, 0.717) is 40.6 Å². The van der Waals surface area contributed by atoms with Crippen molar-refractivity contribution in [1.29, 1.82) is 0 Å². The Hall–Kier alpha value is -3.85. The summed E-state index contributed by atoms with van der Waals surface area (Å²) in [6.07, 6.45) is 0. The number of aryl methyl sites for hydroxylation is 1. The zero-order valence-corrected chi connectivity index (χ0v) is 19.9. The van der Waals surface area contributed by atoms with Gasteiger partial charge in [-0.15, -0.1) is 0 Å². The molecule has 0 aliphatic carbocycles. The van der Waals surface area contributed by atoms with Gasteiger partial charge in [0.2, 0.25) is 0 Å². The average Bonchev–Trinajstić information content (AvgIpc) is 2.80. The van der Waals surface area contributed by atoms with E-state index in [-0.39, 0.29) is 17.3 Å². The summed E-state index contributed by atoms with van der Waals surface area (Å²) in [5.41, 5.74) is 1.70. The van der Waals surface area contributed by atoms with E-state index in [1.807, 2.05) is 6.92 Å². The van der Waals surface area contributed by atoms with E-state index in [1.165, 1.54) is 13.0 Å². The maximum absolute atomic E-state index is 13.0. The largest absolute Gasteiger partial charge is 0.494 e. The zero-order chi connectivity index (χ0) is 24.7. The number of benzene rings is 3. The lowest BCUT2D eigenvalue weighted by atomic mass is 10.1. The molecule has 9 heteroatoms. The van der Waals surface area contributed by atoms with Crippen molar-refractivity contribution >= 4 is 33.1 Å². The predicted molar refractivity (Wildman–Crippen MR) is 130 cm³/mol. The van der Waals surface area contributed by atoms with Crippen molar-refractivity contribution in [2.45, 2.75) is 25.7 Å². The molecule has 178 valence electrons. The minimum Gasteiger partial charge on any atom is -0.494 e. The van der Waals surface area contributed by atoms with Crippen molar-refractivity contribution < 1.29 is 27.5 Å². The topological polar surface area (TPSA) is 111 Å². The molecule has 0 spiro atoms. The van der Waals surface area contributed by atoms with Crippen LogP contribution in [0.1, 0.15) is 29.8 Å². The molecule has 0 unspecified atom stereocenters. The third kappa shape index (κ3) is 6.58. The number of ether oxygens (including phenoxy) is 2. The minimum absolute atomic E-state index is 0.0364. The second-order valence-corrected chi connectivity index (χ2v) is 9.11. The fourth-order valence-electron chi connectivity index (χ4n) is 3.11. The van der Waals surface area contributed by atoms with E-state index < -0.39 is 15.9 Å². The van der Waals surface area contributed by atoms with Gasteiger partial charge in [-0.25, -0.2) is 8.42 Å². The summed E-state index contributed by atoms with van der Waals surface area (Å²) in [5.74, 6) is 0.443. The summed E-state index contributed by atoms with van der Waals surface area (Å²) in [6.45, 7) is 5.19. The van der Waals surface area contributed by atoms with E-state index in [9.17, 15) is 18.0 Å². The molecule has 3 aromatic rings. The number of ketones is 1. The summed E-state index contributed by atoms with van der Waals surface area (Å²) in [4.78, 5) is 23.9. The molecule has 3 rings (SSSR count). The molecule has 0 aromatic heterocycles. The van der Waals surface area contributed by atoms with E-state index in [1.54, 1.807) is 67.6 Å². The molecule has 0 bridgehead atoms. The van der Waals surface area contributed by atoms with Crippen LogP contribution >= 0.6 is 0 Å². The van der Waals surface area contributed by atoms with Crippen LogP contribution < -0.4 is 19.5 Å². The first-order chi connectivity index (χ1) is 16.2. The van der Waals surface area contributed by atoms with Gasteiger partial charge in [0.1, 0.15) is 11.5 Å². The van der Waals surface area contributed by atoms with Gasteiger partial charge in [0, 0.05) is 16.9 Å². The van der Waals surface area contributed by atoms with Crippen LogP contribution in [-0.4, -0.2) is 33.3 Å². The lowest BCUT2D eigenvalue weighted by Crippen LogP contribution is -2.21. The maximum Gasteiger partial charge on any atom is 0.262 e. The summed E-state index contributed by atoms with van der Waals surface area (Å²) in [5, 5.41) is 2.63. The van der Waals surface area contributed by atoms with Gasteiger partial charge in [-0.2, -0.15) is 0 Å². The minimum atomic E-state index is -3.90. The van der Waals surface area contributed by atoms with E-state index in [2.05, 4.69) is 10.0 Å². The van der Waals surface area contributed by atoms with Crippen molar-refractivity contribution in [1.82, 2.24) is 0 Å². The summed E-state index contributed by atoms with van der Waals surface area (Å²) >= 11 is 0. The molecule has 0 heterocycles. The standard InChI is InChI=1S/C25H26N2O6S/c1-4-32-22-12-10-20(11-13-22)27-34(30,31)24-15-21(9-8-17(24)2)26-25(29)16-33-23-7-5-6-19(14-23)18(3)28/h5-15,27H,4,16H2,1-3H3,(H,26,29). The Labute approximate surface area is 199 Å². The van der Waals surface area contributed by atoms with E-state index >= 15 is 0 Å². The quantitative estimate of drug-likeness (QED) is 0.414. The molecule has 0 saturated carbocycles. The van der Waals surface area contributed by atoms with Crippen molar-refractivity contribution in [2.24, 2.45) is 0 Å². The molecule has 0 aliphatic rings. The average molecular weight is 483 g/mol. The Morgan fingerprint density at radius 2 is 1.59 bits per heavy atom. The number of rotatable bonds is 10. The first-order valence-electron chi connectivity index (χ1n) is 10.6. The van der Waals surface area contributed by atoms with Gasteiger partial charge in [-0.3, -0.25) is 14.3 Å². The van der Waals surface area contributed by atoms with E-state index in [4.69, 9.17) is 9.47 Å². The number of Topliss-reactive ketones (excluding diaryl/α,β-unsaturated/α-hetero) is 1. The molecule has 8 nitrogen and oxygen atoms in total. The third-order valence-electron chi connectivity index (χ3n) is 4.79. The van der Waals surface area contributed by atoms with Gasteiger partial charge in [0.25, 0.3) is 15.9 Å². The van der Waals surface area contributed by atoms with Gasteiger partial charge in [-0.1, -0.05) is 18.2 Å². The van der Waals surface area contributed by atoms with Crippen LogP contribution in [0.25, 0.3) is 0 Å². The molecule has 0 atom stereocenters. The highest BCUT2D eigenvalue weighted by Gasteiger charge is 2.18. The number of hydrogen-bond acceptors (Lipinski definition) is 6. The van der Waals surface area contributed by atoms with Crippen LogP contribution in [0, 0.1) is 6.92 Å². The Morgan fingerprint density at radius 3 is 2.26 bits per heavy atom. The van der Waals surface area contributed by atoms with Gasteiger partial charge >= 0.3 is 0 Å². The number of amides is 1. The third-order valence-corrected chi connectivity index (χ3v) is 6.31. The molecule has 0 fully saturated rings. The Balaban J connectivity index is 1.68. The molecule has 34 heavy (non-hydrogen) atoms. The van der Waals surface area contributed by atoms with Crippen molar-refractivity contribution in [3.63, 3.8) is 0 Å². The van der Waals surface area contributed by atoms with Crippen molar-refractivity contribution in [3.8, 4) is 11.5 Å². The Bertz CT molecular complexity index is 1290. The molecular weight excluding hydrogens is 456 g/mol. The molecule has 0 saturated heterocycles. The summed E-state index contributed by atoms with van der Waals surface area (Å²) < 4.78 is 39.3. The molecule has 0 radical (unpaired) electrons. The normalized spacial score (nSPS) is 10.9. The predicted octanol–water partition coefficient (Wildman–Crippen LogP) is 4.41. The number of carbonyl (C=O) groups is 2. The monoisotopic (exact) mass is 482 g/mol. The van der Waals surface area contributed by atoms with Crippen LogP contribution in [0.3, 0.4) is 0 Å². The van der Waals surface area contributed by atoms with E-state index in [0.717, 1.165) is 0 Å². The highest BCUT2D eigenvalue weighted by molar-refractivity contribution is 7.92. The fourth-order valence-corrected chi connectivity index (χ4v) is 4.44. The van der Waals surface area contributed by atoms with Crippen molar-refractivity contribution in [2.75, 3.05) is 23.3 Å². The smallest absolute Gasteiger partial charge is 0.262 e. The van der Waals surface area contributed by atoms with Crippen LogP contribution in [0.4, 0.5) is 11.4 Å². The van der Waals surface area contributed by atoms with Crippen LogP contribution in [0.15, 0.2) is 71.6 Å². The van der Waals surface area contributed by atoms with Crippen LogP contribution in [0.5, 0.6) is 11.5 Å². The fraction of sp³-hybridized carbons (Fsp3) is 0.200. The number of carbonyl (C=O) groups excluding carboxylic acids is 2. The molecular formula is C25H26N2O6S. The second-order valence-electron chi connectivity index (χ2n) is 7.46. The second kappa shape index (κ2) is 10.8. The number of anilines is 2. The molecule has 1 amide bonds. The highest BCUT2D eigenvalue weighted by Crippen LogP contribution is 2.24. The van der Waals surface area contributed by atoms with Crippen molar-refractivity contribution in [3.05, 3.63) is 77.9 Å². The number of hydrogen-bond donors (Lipinski definition) is 2. The van der Waals surface area contributed by atoms with Gasteiger partial charge in [0.15, 0.2) is 12.4 Å². The molecule has 3 aromatic carbocycles. The van der Waals surface area contributed by atoms with Gasteiger partial charge in [0.05, 0.1) is 11.5 Å². The lowest BCUT2D eigenvalue weighted by Gasteiger charge is -2.13. The first kappa shape index (κ1) is 24.8. The Kier molecular flexibility index (Phi) is 7.91. The lowest BCUT2D eigenvalue weighted by molar-refractivity contribution is -0.118. The zero-order valence-electron chi connectivity index (χ0n) is 19.1. The number of nitrogens with one attached hydrogen (secondary N) is 2. The molecule has 0 aliphatic heterocycles. The first-order valence-corrected chi connectivity index (χ1v) is 12.1. The van der Waals surface area contributed by atoms with Gasteiger partial charge < -0.3 is 14.8 Å². The van der Waals surface area contributed by atoms with Gasteiger partial charge in [-0.05, 0) is 74.9 Å². The maximum atomic E-state index is 13.0. The van der Waals surface area contributed by atoms with Crippen LogP contribution in [0.2, 0.25) is 0 Å². The summed E-state index contributed by atoms with van der Waals surface area (Å²) in [7, 11) is -3.90.